The van der Waals surface area contributed by atoms with Gasteiger partial charge in [0.15, 0.2) is 0 Å². The predicted molar refractivity (Wildman–Crippen MR) is 114 cm³/mol. The summed E-state index contributed by atoms with van der Waals surface area (Å²) in [4.78, 5) is 28.4. The van der Waals surface area contributed by atoms with E-state index >= 15 is 0 Å². The first kappa shape index (κ1) is 20.4. The van der Waals surface area contributed by atoms with Crippen LogP contribution >= 0.6 is 0 Å². The fraction of sp³-hybridized carbons (Fsp3) is 0.500. The van der Waals surface area contributed by atoms with Crippen LogP contribution in [0.15, 0.2) is 41.0 Å². The van der Waals surface area contributed by atoms with Crippen molar-refractivity contribution < 1.29 is 14.1 Å². The number of nitrogens with one attached hydrogen (secondary N) is 1. The number of amides is 1. The lowest BCUT2D eigenvalue weighted by molar-refractivity contribution is -0.384. The monoisotopic (exact) mass is 412 g/mol. The van der Waals surface area contributed by atoms with E-state index in [0.717, 1.165) is 63.3 Å². The molecule has 1 atom stereocenters. The van der Waals surface area contributed by atoms with E-state index in [9.17, 15) is 14.9 Å². The van der Waals surface area contributed by atoms with Crippen molar-refractivity contribution in [2.24, 2.45) is 0 Å². The molecule has 2 saturated heterocycles. The fourth-order valence-electron chi connectivity index (χ4n) is 4.46. The maximum absolute atomic E-state index is 13.1. The fourth-order valence-corrected chi connectivity index (χ4v) is 4.46. The van der Waals surface area contributed by atoms with Crippen LogP contribution in [0.5, 0.6) is 0 Å². The second-order valence-electron chi connectivity index (χ2n) is 7.99. The zero-order valence-corrected chi connectivity index (χ0v) is 17.1. The molecule has 1 amide bonds. The molecular weight excluding hydrogens is 384 g/mol. The second-order valence-corrected chi connectivity index (χ2v) is 7.99. The summed E-state index contributed by atoms with van der Waals surface area (Å²) < 4.78 is 5.65. The van der Waals surface area contributed by atoms with Gasteiger partial charge < -0.3 is 14.6 Å². The molecule has 2 aromatic rings. The van der Waals surface area contributed by atoms with E-state index in [1.54, 1.807) is 12.3 Å². The van der Waals surface area contributed by atoms with Gasteiger partial charge in [-0.3, -0.25) is 19.8 Å². The van der Waals surface area contributed by atoms with Crippen LogP contribution in [0.25, 0.3) is 0 Å². The lowest BCUT2D eigenvalue weighted by Crippen LogP contribution is -2.40. The summed E-state index contributed by atoms with van der Waals surface area (Å²) in [6.07, 6.45) is 7.27. The van der Waals surface area contributed by atoms with Crippen LogP contribution in [0, 0.1) is 10.1 Å². The number of likely N-dealkylation sites (tertiary alicyclic amines) is 1. The van der Waals surface area contributed by atoms with E-state index in [0.29, 0.717) is 12.1 Å². The van der Waals surface area contributed by atoms with Gasteiger partial charge in [-0.25, -0.2) is 0 Å². The Morgan fingerprint density at radius 3 is 2.50 bits per heavy atom. The van der Waals surface area contributed by atoms with Crippen molar-refractivity contribution in [1.82, 2.24) is 10.2 Å². The minimum Gasteiger partial charge on any atom is -0.468 e. The zero-order valence-electron chi connectivity index (χ0n) is 17.1. The third-order valence-corrected chi connectivity index (χ3v) is 6.04. The molecule has 0 bridgehead atoms. The Kier molecular flexibility index (Phi) is 6.32. The second kappa shape index (κ2) is 9.30. The first-order chi connectivity index (χ1) is 14.6. The number of carbonyl (C=O) groups is 1. The number of anilines is 1. The van der Waals surface area contributed by atoms with Gasteiger partial charge in [0.05, 0.1) is 28.5 Å². The van der Waals surface area contributed by atoms with Crippen LogP contribution in [0.1, 0.15) is 54.3 Å². The summed E-state index contributed by atoms with van der Waals surface area (Å²) >= 11 is 0. The van der Waals surface area contributed by atoms with E-state index in [2.05, 4.69) is 15.1 Å². The average Bonchev–Trinajstić information content (AvgIpc) is 3.49. The highest BCUT2D eigenvalue weighted by Crippen LogP contribution is 2.29. The van der Waals surface area contributed by atoms with E-state index in [-0.39, 0.29) is 17.6 Å². The van der Waals surface area contributed by atoms with Crippen molar-refractivity contribution in [1.29, 1.82) is 0 Å². The van der Waals surface area contributed by atoms with Crippen molar-refractivity contribution >= 4 is 17.3 Å². The molecule has 1 aromatic heterocycles. The molecule has 0 saturated carbocycles. The molecule has 2 aliphatic rings. The normalized spacial score (nSPS) is 18.3. The standard InChI is InChI=1S/C22H28N4O4/c27-22(18-15-17(26(28)29)8-9-19(18)24-12-4-5-13-24)23-16-20(21-7-6-14-30-21)25-10-2-1-3-11-25/h6-9,14-15,20H,1-5,10-13,16H2,(H,23,27). The number of nitrogens with zero attached hydrogens (tertiary/aromatic N) is 3. The van der Waals surface area contributed by atoms with Crippen molar-refractivity contribution in [3.05, 3.63) is 58.0 Å². The number of piperidine rings is 1. The number of hydrogen-bond acceptors (Lipinski definition) is 6. The highest BCUT2D eigenvalue weighted by atomic mass is 16.6. The Labute approximate surface area is 176 Å². The first-order valence-electron chi connectivity index (χ1n) is 10.7. The van der Waals surface area contributed by atoms with Gasteiger partial charge in [-0.2, -0.15) is 0 Å². The zero-order chi connectivity index (χ0) is 20.9. The molecule has 8 nitrogen and oxygen atoms in total. The van der Waals surface area contributed by atoms with Gasteiger partial charge in [0.1, 0.15) is 5.76 Å². The predicted octanol–water partition coefficient (Wildman–Crippen LogP) is 3.75. The van der Waals surface area contributed by atoms with Gasteiger partial charge in [0, 0.05) is 31.8 Å². The summed E-state index contributed by atoms with van der Waals surface area (Å²) in [6.45, 7) is 4.06. The minimum atomic E-state index is -0.454. The largest absolute Gasteiger partial charge is 0.468 e. The Bertz CT molecular complexity index is 871. The minimum absolute atomic E-state index is 0.0433. The lowest BCUT2D eigenvalue weighted by Gasteiger charge is -2.33. The molecule has 0 aliphatic carbocycles. The van der Waals surface area contributed by atoms with Crippen molar-refractivity contribution in [3.63, 3.8) is 0 Å². The Balaban J connectivity index is 1.54. The summed E-state index contributed by atoms with van der Waals surface area (Å²) in [5.41, 5.74) is 1.06. The van der Waals surface area contributed by atoms with E-state index in [1.807, 2.05) is 12.1 Å². The number of carbonyl (C=O) groups excluding carboxylic acids is 1. The van der Waals surface area contributed by atoms with E-state index < -0.39 is 4.92 Å². The molecule has 30 heavy (non-hydrogen) atoms. The van der Waals surface area contributed by atoms with Crippen LogP contribution in [0.2, 0.25) is 0 Å². The third-order valence-electron chi connectivity index (χ3n) is 6.04. The molecule has 0 spiro atoms. The average molecular weight is 412 g/mol. The maximum atomic E-state index is 13.1. The molecular formula is C22H28N4O4. The number of non-ortho nitro benzene ring substituents is 1. The number of nitro benzene ring substituents is 1. The maximum Gasteiger partial charge on any atom is 0.270 e. The molecule has 1 unspecified atom stereocenters. The van der Waals surface area contributed by atoms with Crippen LogP contribution in [0.3, 0.4) is 0 Å². The summed E-state index contributed by atoms with van der Waals surface area (Å²) in [5.74, 6) is 0.546. The molecule has 2 aliphatic heterocycles. The van der Waals surface area contributed by atoms with Crippen molar-refractivity contribution in [2.45, 2.75) is 38.1 Å². The summed E-state index contributed by atoms with van der Waals surface area (Å²) in [6, 6.07) is 8.33. The highest BCUT2D eigenvalue weighted by Gasteiger charge is 2.27. The first-order valence-corrected chi connectivity index (χ1v) is 10.7. The van der Waals surface area contributed by atoms with Crippen LogP contribution in [0.4, 0.5) is 11.4 Å². The van der Waals surface area contributed by atoms with Crippen molar-refractivity contribution in [2.75, 3.05) is 37.6 Å². The van der Waals surface area contributed by atoms with E-state index in [1.165, 1.54) is 18.6 Å². The molecule has 3 heterocycles. The Hall–Kier alpha value is -2.87. The van der Waals surface area contributed by atoms with Gasteiger partial charge in [-0.15, -0.1) is 0 Å². The third kappa shape index (κ3) is 4.48. The van der Waals surface area contributed by atoms with Gasteiger partial charge >= 0.3 is 0 Å². The topological polar surface area (TPSA) is 91.9 Å². The molecule has 1 N–H and O–H groups in total. The SMILES string of the molecule is O=C(NCC(c1ccco1)N1CCCCC1)c1cc([N+](=O)[O-])ccc1N1CCCC1. The highest BCUT2D eigenvalue weighted by molar-refractivity contribution is 6.00. The molecule has 4 rings (SSSR count). The van der Waals surface area contributed by atoms with Gasteiger partial charge in [-0.05, 0) is 57.0 Å². The van der Waals surface area contributed by atoms with Gasteiger partial charge in [0.2, 0.25) is 0 Å². The molecule has 8 heteroatoms. The summed E-state index contributed by atoms with van der Waals surface area (Å²) in [7, 11) is 0. The van der Waals surface area contributed by atoms with Crippen LogP contribution in [-0.2, 0) is 0 Å². The number of benzene rings is 1. The van der Waals surface area contributed by atoms with Gasteiger partial charge in [0.25, 0.3) is 11.6 Å². The van der Waals surface area contributed by atoms with E-state index in [4.69, 9.17) is 4.42 Å². The number of rotatable bonds is 7. The molecule has 160 valence electrons. The summed E-state index contributed by atoms with van der Waals surface area (Å²) in [5, 5.41) is 14.3. The molecule has 1 aromatic carbocycles. The Morgan fingerprint density at radius 1 is 1.10 bits per heavy atom. The smallest absolute Gasteiger partial charge is 0.270 e. The Morgan fingerprint density at radius 2 is 1.83 bits per heavy atom. The van der Waals surface area contributed by atoms with Crippen molar-refractivity contribution in [3.8, 4) is 0 Å². The van der Waals surface area contributed by atoms with Crippen LogP contribution in [-0.4, -0.2) is 48.5 Å². The quantitative estimate of drug-likeness (QED) is 0.550. The van der Waals surface area contributed by atoms with Crippen LogP contribution < -0.4 is 10.2 Å². The molecule has 2 fully saturated rings. The number of furan rings is 1. The molecule has 0 radical (unpaired) electrons. The number of hydrogen-bond donors (Lipinski definition) is 1. The lowest BCUT2D eigenvalue weighted by atomic mass is 10.1. The number of nitro groups is 1. The van der Waals surface area contributed by atoms with Gasteiger partial charge in [-0.1, -0.05) is 6.42 Å².